The van der Waals surface area contributed by atoms with Crippen molar-refractivity contribution in [3.05, 3.63) is 83.2 Å². The van der Waals surface area contributed by atoms with Crippen LogP contribution >= 0.6 is 0 Å². The standard InChI is InChI=1S/C26H25FO4/c1-29-21-11-12-23(27)22(16-21)18-6-8-19(9-7-18)24-13-10-20-5-3-17(15-25(20)31-24)4-14-26(28)30-2/h3,5-9,11-12,15-16,24H,4,10,13-14H2,1-2H3. The van der Waals surface area contributed by atoms with Gasteiger partial charge in [0.25, 0.3) is 0 Å². The number of rotatable bonds is 6. The predicted molar refractivity (Wildman–Crippen MR) is 117 cm³/mol. The number of carbonyl (C=O) groups is 1. The molecule has 1 heterocycles. The quantitative estimate of drug-likeness (QED) is 0.482. The van der Waals surface area contributed by atoms with Crippen LogP contribution in [-0.2, 0) is 22.4 Å². The maximum Gasteiger partial charge on any atom is 0.305 e. The highest BCUT2D eigenvalue weighted by Crippen LogP contribution is 2.36. The van der Waals surface area contributed by atoms with Gasteiger partial charge >= 0.3 is 5.97 Å². The van der Waals surface area contributed by atoms with Crippen LogP contribution in [0.3, 0.4) is 0 Å². The average Bonchev–Trinajstić information content (AvgIpc) is 2.82. The van der Waals surface area contributed by atoms with E-state index in [4.69, 9.17) is 14.2 Å². The monoisotopic (exact) mass is 420 g/mol. The fourth-order valence-electron chi connectivity index (χ4n) is 3.88. The lowest BCUT2D eigenvalue weighted by molar-refractivity contribution is -0.140. The van der Waals surface area contributed by atoms with Crippen LogP contribution in [0, 0.1) is 5.82 Å². The molecule has 0 aliphatic carbocycles. The zero-order chi connectivity index (χ0) is 21.8. The van der Waals surface area contributed by atoms with E-state index in [1.807, 2.05) is 36.4 Å². The molecular weight excluding hydrogens is 395 g/mol. The fraction of sp³-hybridized carbons (Fsp3) is 0.269. The Balaban J connectivity index is 1.50. The summed E-state index contributed by atoms with van der Waals surface area (Å²) in [7, 11) is 2.97. The predicted octanol–water partition coefficient (Wildman–Crippen LogP) is 5.67. The lowest BCUT2D eigenvalue weighted by Gasteiger charge is -2.27. The lowest BCUT2D eigenvalue weighted by atomic mass is 9.94. The number of fused-ring (bicyclic) bond motifs is 1. The third kappa shape index (κ3) is 4.71. The molecule has 4 nitrogen and oxygen atoms in total. The number of hydrogen-bond acceptors (Lipinski definition) is 4. The Morgan fingerprint density at radius 3 is 2.61 bits per heavy atom. The molecule has 0 spiro atoms. The van der Waals surface area contributed by atoms with Crippen molar-refractivity contribution < 1.29 is 23.4 Å². The van der Waals surface area contributed by atoms with E-state index >= 15 is 0 Å². The van der Waals surface area contributed by atoms with E-state index in [0.29, 0.717) is 24.2 Å². The third-order valence-electron chi connectivity index (χ3n) is 5.69. The minimum Gasteiger partial charge on any atom is -0.497 e. The van der Waals surface area contributed by atoms with Crippen LogP contribution in [0.15, 0.2) is 60.7 Å². The third-order valence-corrected chi connectivity index (χ3v) is 5.69. The second kappa shape index (κ2) is 9.21. The van der Waals surface area contributed by atoms with Gasteiger partial charge in [-0.3, -0.25) is 4.79 Å². The molecule has 5 heteroatoms. The van der Waals surface area contributed by atoms with Crippen molar-refractivity contribution >= 4 is 5.97 Å². The second-order valence-corrected chi connectivity index (χ2v) is 7.63. The van der Waals surface area contributed by atoms with Crippen molar-refractivity contribution in [1.29, 1.82) is 0 Å². The van der Waals surface area contributed by atoms with Gasteiger partial charge in [0.2, 0.25) is 0 Å². The summed E-state index contributed by atoms with van der Waals surface area (Å²) in [6.07, 6.45) is 2.70. The van der Waals surface area contributed by atoms with E-state index in [2.05, 4.69) is 6.07 Å². The van der Waals surface area contributed by atoms with Crippen LogP contribution in [0.4, 0.5) is 4.39 Å². The summed E-state index contributed by atoms with van der Waals surface area (Å²) >= 11 is 0. The van der Waals surface area contributed by atoms with Crippen LogP contribution in [0.25, 0.3) is 11.1 Å². The summed E-state index contributed by atoms with van der Waals surface area (Å²) in [5.41, 5.74) is 4.58. The Morgan fingerprint density at radius 1 is 1.06 bits per heavy atom. The van der Waals surface area contributed by atoms with Gasteiger partial charge in [-0.05, 0) is 65.8 Å². The van der Waals surface area contributed by atoms with Crippen LogP contribution in [-0.4, -0.2) is 20.2 Å². The van der Waals surface area contributed by atoms with Gasteiger partial charge in [0, 0.05) is 12.0 Å². The minimum atomic E-state index is -0.282. The first kappa shape index (κ1) is 20.9. The highest BCUT2D eigenvalue weighted by atomic mass is 19.1. The summed E-state index contributed by atoms with van der Waals surface area (Å²) in [6, 6.07) is 18.7. The Labute approximate surface area is 181 Å². The molecule has 31 heavy (non-hydrogen) atoms. The van der Waals surface area contributed by atoms with Crippen molar-refractivity contribution in [3.63, 3.8) is 0 Å². The van der Waals surface area contributed by atoms with E-state index in [-0.39, 0.29) is 17.9 Å². The molecule has 1 atom stereocenters. The molecule has 1 unspecified atom stereocenters. The number of aryl methyl sites for hydroxylation is 2. The second-order valence-electron chi connectivity index (χ2n) is 7.63. The summed E-state index contributed by atoms with van der Waals surface area (Å²) in [5, 5.41) is 0. The zero-order valence-corrected chi connectivity index (χ0v) is 17.7. The summed E-state index contributed by atoms with van der Waals surface area (Å²) < 4.78 is 30.5. The molecule has 0 fully saturated rings. The van der Waals surface area contributed by atoms with Crippen molar-refractivity contribution in [2.24, 2.45) is 0 Å². The summed E-state index contributed by atoms with van der Waals surface area (Å²) in [5.74, 6) is 0.984. The maximum atomic E-state index is 14.3. The fourth-order valence-corrected chi connectivity index (χ4v) is 3.88. The molecule has 0 aromatic heterocycles. The number of methoxy groups -OCH3 is 2. The maximum absolute atomic E-state index is 14.3. The van der Waals surface area contributed by atoms with Gasteiger partial charge in [0.1, 0.15) is 23.4 Å². The van der Waals surface area contributed by atoms with Crippen molar-refractivity contribution in [2.45, 2.75) is 31.8 Å². The first-order valence-corrected chi connectivity index (χ1v) is 10.4. The molecule has 0 saturated heterocycles. The van der Waals surface area contributed by atoms with E-state index in [1.54, 1.807) is 19.2 Å². The molecule has 0 N–H and O–H groups in total. The molecule has 0 radical (unpaired) electrons. The minimum absolute atomic E-state index is 0.0624. The van der Waals surface area contributed by atoms with Gasteiger partial charge in [-0.15, -0.1) is 0 Å². The molecule has 0 amide bonds. The number of benzene rings is 3. The first-order chi connectivity index (χ1) is 15.1. The number of esters is 1. The van der Waals surface area contributed by atoms with Crippen LogP contribution in [0.2, 0.25) is 0 Å². The van der Waals surface area contributed by atoms with Crippen molar-refractivity contribution in [3.8, 4) is 22.6 Å². The van der Waals surface area contributed by atoms with Gasteiger partial charge in [0.05, 0.1) is 14.2 Å². The molecule has 4 rings (SSSR count). The van der Waals surface area contributed by atoms with E-state index in [9.17, 15) is 9.18 Å². The highest BCUT2D eigenvalue weighted by molar-refractivity contribution is 5.69. The van der Waals surface area contributed by atoms with Gasteiger partial charge in [-0.2, -0.15) is 0 Å². The largest absolute Gasteiger partial charge is 0.497 e. The van der Waals surface area contributed by atoms with Crippen LogP contribution in [0.1, 0.15) is 35.6 Å². The lowest BCUT2D eigenvalue weighted by Crippen LogP contribution is -2.15. The molecule has 1 aliphatic heterocycles. The van der Waals surface area contributed by atoms with Gasteiger partial charge in [0.15, 0.2) is 0 Å². The van der Waals surface area contributed by atoms with Gasteiger partial charge in [-0.1, -0.05) is 36.4 Å². The van der Waals surface area contributed by atoms with E-state index in [0.717, 1.165) is 35.3 Å². The molecule has 0 saturated carbocycles. The van der Waals surface area contributed by atoms with Gasteiger partial charge < -0.3 is 14.2 Å². The highest BCUT2D eigenvalue weighted by Gasteiger charge is 2.22. The van der Waals surface area contributed by atoms with E-state index in [1.165, 1.54) is 18.7 Å². The zero-order valence-electron chi connectivity index (χ0n) is 17.7. The van der Waals surface area contributed by atoms with Crippen LogP contribution < -0.4 is 9.47 Å². The normalized spacial score (nSPS) is 15.0. The Kier molecular flexibility index (Phi) is 6.21. The number of ether oxygens (including phenoxy) is 3. The molecule has 3 aromatic rings. The van der Waals surface area contributed by atoms with E-state index < -0.39 is 0 Å². The Morgan fingerprint density at radius 2 is 1.87 bits per heavy atom. The SMILES string of the molecule is COC(=O)CCc1ccc2c(c1)OC(c1ccc(-c3cc(OC)ccc3F)cc1)CC2. The topological polar surface area (TPSA) is 44.8 Å². The molecular formula is C26H25FO4. The van der Waals surface area contributed by atoms with Gasteiger partial charge in [-0.25, -0.2) is 4.39 Å². The summed E-state index contributed by atoms with van der Waals surface area (Å²) in [4.78, 5) is 11.4. The molecule has 0 bridgehead atoms. The number of halogens is 1. The average molecular weight is 420 g/mol. The Hall–Kier alpha value is -3.34. The smallest absolute Gasteiger partial charge is 0.305 e. The summed E-state index contributed by atoms with van der Waals surface area (Å²) in [6.45, 7) is 0. The molecule has 1 aliphatic rings. The number of hydrogen-bond donors (Lipinski definition) is 0. The Bertz CT molecular complexity index is 1080. The number of carbonyl (C=O) groups excluding carboxylic acids is 1. The first-order valence-electron chi connectivity index (χ1n) is 10.4. The molecule has 160 valence electrons. The van der Waals surface area contributed by atoms with Crippen molar-refractivity contribution in [2.75, 3.05) is 14.2 Å². The van der Waals surface area contributed by atoms with Crippen LogP contribution in [0.5, 0.6) is 11.5 Å². The van der Waals surface area contributed by atoms with Crippen molar-refractivity contribution in [1.82, 2.24) is 0 Å². The molecule has 3 aromatic carbocycles.